The first-order chi connectivity index (χ1) is 9.44. The summed E-state index contributed by atoms with van der Waals surface area (Å²) in [6.45, 7) is 10.3. The molecule has 0 saturated heterocycles. The lowest BCUT2D eigenvalue weighted by molar-refractivity contribution is 0.173. The van der Waals surface area contributed by atoms with E-state index in [0.717, 1.165) is 30.7 Å². The molecule has 0 spiro atoms. The van der Waals surface area contributed by atoms with E-state index in [1.807, 2.05) is 12.3 Å². The van der Waals surface area contributed by atoms with Crippen LogP contribution in [0, 0.1) is 17.8 Å². The molecule has 1 N–H and O–H groups in total. The monoisotopic (exact) mass is 274 g/mol. The van der Waals surface area contributed by atoms with Gasteiger partial charge in [0.2, 0.25) is 0 Å². The second-order valence-electron chi connectivity index (χ2n) is 7.59. The molecule has 2 nitrogen and oxygen atoms in total. The van der Waals surface area contributed by atoms with Gasteiger partial charge in [-0.2, -0.15) is 0 Å². The maximum atomic E-state index is 4.52. The van der Waals surface area contributed by atoms with E-state index in [-0.39, 0.29) is 5.54 Å². The summed E-state index contributed by atoms with van der Waals surface area (Å²) in [4.78, 5) is 4.52. The summed E-state index contributed by atoms with van der Waals surface area (Å²) >= 11 is 0. The SMILES string of the molecule is CC1CCC(CNC(C)(C)C)C(Cc2ccccn2)C1. The van der Waals surface area contributed by atoms with Crippen LogP contribution in [0.4, 0.5) is 0 Å². The molecule has 1 fully saturated rings. The topological polar surface area (TPSA) is 24.9 Å². The van der Waals surface area contributed by atoms with Crippen LogP contribution >= 0.6 is 0 Å². The normalized spacial score (nSPS) is 27.5. The molecule has 112 valence electrons. The summed E-state index contributed by atoms with van der Waals surface area (Å²) in [5, 5.41) is 3.70. The first-order valence-electron chi connectivity index (χ1n) is 8.09. The fourth-order valence-electron chi connectivity index (χ4n) is 3.30. The summed E-state index contributed by atoms with van der Waals surface area (Å²) in [6.07, 6.45) is 7.16. The van der Waals surface area contributed by atoms with Crippen LogP contribution in [0.1, 0.15) is 52.7 Å². The third-order valence-electron chi connectivity index (χ3n) is 4.49. The molecule has 1 aliphatic carbocycles. The predicted octanol–water partition coefficient (Wildman–Crippen LogP) is 4.06. The Morgan fingerprint density at radius 3 is 2.65 bits per heavy atom. The minimum atomic E-state index is 0.221. The Kier molecular flexibility index (Phi) is 5.20. The van der Waals surface area contributed by atoms with Crippen molar-refractivity contribution in [1.29, 1.82) is 0 Å². The van der Waals surface area contributed by atoms with Gasteiger partial charge in [-0.25, -0.2) is 0 Å². The van der Waals surface area contributed by atoms with Gasteiger partial charge in [-0.15, -0.1) is 0 Å². The molecule has 3 atom stereocenters. The van der Waals surface area contributed by atoms with Crippen LogP contribution in [0.25, 0.3) is 0 Å². The molecule has 0 amide bonds. The maximum absolute atomic E-state index is 4.52. The highest BCUT2D eigenvalue weighted by atomic mass is 14.9. The zero-order valence-corrected chi connectivity index (χ0v) is 13.5. The lowest BCUT2D eigenvalue weighted by atomic mass is 9.72. The van der Waals surface area contributed by atoms with Crippen molar-refractivity contribution in [3.05, 3.63) is 30.1 Å². The van der Waals surface area contributed by atoms with Gasteiger partial charge in [0.25, 0.3) is 0 Å². The maximum Gasteiger partial charge on any atom is 0.0406 e. The lowest BCUT2D eigenvalue weighted by Crippen LogP contribution is -2.42. The Labute approximate surface area is 124 Å². The van der Waals surface area contributed by atoms with E-state index in [2.05, 4.69) is 50.1 Å². The van der Waals surface area contributed by atoms with Gasteiger partial charge < -0.3 is 5.32 Å². The van der Waals surface area contributed by atoms with Crippen molar-refractivity contribution in [1.82, 2.24) is 10.3 Å². The van der Waals surface area contributed by atoms with Crippen LogP contribution in [0.2, 0.25) is 0 Å². The lowest BCUT2D eigenvalue weighted by Gasteiger charge is -2.36. The van der Waals surface area contributed by atoms with Crippen LogP contribution in [0.15, 0.2) is 24.4 Å². The first-order valence-corrected chi connectivity index (χ1v) is 8.09. The van der Waals surface area contributed by atoms with Gasteiger partial charge >= 0.3 is 0 Å². The highest BCUT2D eigenvalue weighted by Gasteiger charge is 2.29. The number of rotatable bonds is 4. The predicted molar refractivity (Wildman–Crippen MR) is 85.7 cm³/mol. The van der Waals surface area contributed by atoms with E-state index >= 15 is 0 Å². The van der Waals surface area contributed by atoms with E-state index in [1.54, 1.807) is 0 Å². The molecule has 3 unspecified atom stereocenters. The molecule has 1 saturated carbocycles. The number of nitrogens with one attached hydrogen (secondary N) is 1. The third kappa shape index (κ3) is 4.90. The number of hydrogen-bond donors (Lipinski definition) is 1. The molecule has 0 aromatic carbocycles. The molecule has 1 aromatic heterocycles. The summed E-state index contributed by atoms with van der Waals surface area (Å²) in [5.41, 5.74) is 1.48. The first kappa shape index (κ1) is 15.5. The number of pyridine rings is 1. The minimum absolute atomic E-state index is 0.221. The van der Waals surface area contributed by atoms with Crippen molar-refractivity contribution in [3.63, 3.8) is 0 Å². The van der Waals surface area contributed by atoms with E-state index in [4.69, 9.17) is 0 Å². The average Bonchev–Trinajstić information content (AvgIpc) is 2.38. The Hall–Kier alpha value is -0.890. The smallest absolute Gasteiger partial charge is 0.0406 e. The van der Waals surface area contributed by atoms with Crippen molar-refractivity contribution in [3.8, 4) is 0 Å². The van der Waals surface area contributed by atoms with Crippen molar-refractivity contribution in [2.24, 2.45) is 17.8 Å². The van der Waals surface area contributed by atoms with Gasteiger partial charge in [-0.1, -0.05) is 19.4 Å². The summed E-state index contributed by atoms with van der Waals surface area (Å²) in [6, 6.07) is 6.29. The zero-order valence-electron chi connectivity index (χ0n) is 13.5. The Morgan fingerprint density at radius 1 is 1.20 bits per heavy atom. The van der Waals surface area contributed by atoms with Crippen LogP contribution in [-0.4, -0.2) is 17.1 Å². The number of aromatic nitrogens is 1. The van der Waals surface area contributed by atoms with Crippen LogP contribution in [0.3, 0.4) is 0 Å². The van der Waals surface area contributed by atoms with Gasteiger partial charge in [-0.05, 0) is 76.5 Å². The highest BCUT2D eigenvalue weighted by Crippen LogP contribution is 2.35. The summed E-state index contributed by atoms with van der Waals surface area (Å²) < 4.78 is 0. The van der Waals surface area contributed by atoms with Gasteiger partial charge in [0.1, 0.15) is 0 Å². The average molecular weight is 274 g/mol. The van der Waals surface area contributed by atoms with E-state index in [1.165, 1.54) is 25.0 Å². The van der Waals surface area contributed by atoms with Crippen LogP contribution in [-0.2, 0) is 6.42 Å². The van der Waals surface area contributed by atoms with Crippen molar-refractivity contribution in [2.75, 3.05) is 6.54 Å². The standard InChI is InChI=1S/C18H30N2/c1-14-8-9-15(13-20-18(2,3)4)16(11-14)12-17-7-5-6-10-19-17/h5-7,10,14-16,20H,8-9,11-13H2,1-4H3. The van der Waals surface area contributed by atoms with Crippen molar-refractivity contribution < 1.29 is 0 Å². The van der Waals surface area contributed by atoms with Gasteiger partial charge in [0.05, 0.1) is 0 Å². The van der Waals surface area contributed by atoms with Crippen molar-refractivity contribution >= 4 is 0 Å². The van der Waals surface area contributed by atoms with Gasteiger partial charge in [-0.3, -0.25) is 4.98 Å². The molecule has 1 aliphatic rings. The largest absolute Gasteiger partial charge is 0.312 e. The molecule has 20 heavy (non-hydrogen) atoms. The molecular formula is C18H30N2. The Morgan fingerprint density at radius 2 is 2.00 bits per heavy atom. The molecule has 2 rings (SSSR count). The van der Waals surface area contributed by atoms with Crippen LogP contribution < -0.4 is 5.32 Å². The Balaban J connectivity index is 1.97. The van der Waals surface area contributed by atoms with Gasteiger partial charge in [0.15, 0.2) is 0 Å². The number of nitrogens with zero attached hydrogens (tertiary/aromatic N) is 1. The fraction of sp³-hybridized carbons (Fsp3) is 0.722. The molecule has 0 bridgehead atoms. The molecule has 1 heterocycles. The van der Waals surface area contributed by atoms with Crippen LogP contribution in [0.5, 0.6) is 0 Å². The quantitative estimate of drug-likeness (QED) is 0.895. The highest BCUT2D eigenvalue weighted by molar-refractivity contribution is 5.05. The van der Waals surface area contributed by atoms with E-state index in [9.17, 15) is 0 Å². The zero-order chi connectivity index (χ0) is 14.6. The van der Waals surface area contributed by atoms with Gasteiger partial charge in [0, 0.05) is 17.4 Å². The molecule has 0 aliphatic heterocycles. The molecule has 0 radical (unpaired) electrons. The van der Waals surface area contributed by atoms with Crippen molar-refractivity contribution in [2.45, 2.75) is 58.9 Å². The molecule has 2 heteroatoms. The third-order valence-corrected chi connectivity index (χ3v) is 4.49. The second kappa shape index (κ2) is 6.71. The summed E-state index contributed by atoms with van der Waals surface area (Å²) in [7, 11) is 0. The second-order valence-corrected chi connectivity index (χ2v) is 7.59. The molecular weight excluding hydrogens is 244 g/mol. The molecule has 1 aromatic rings. The summed E-state index contributed by atoms with van der Waals surface area (Å²) in [5.74, 6) is 2.45. The number of hydrogen-bond acceptors (Lipinski definition) is 2. The van der Waals surface area contributed by atoms with E-state index in [0.29, 0.717) is 0 Å². The van der Waals surface area contributed by atoms with E-state index < -0.39 is 0 Å². The fourth-order valence-corrected chi connectivity index (χ4v) is 3.30. The Bertz CT molecular complexity index is 394. The minimum Gasteiger partial charge on any atom is -0.312 e.